The lowest BCUT2D eigenvalue weighted by molar-refractivity contribution is 0.194. The van der Waals surface area contributed by atoms with E-state index in [1.54, 1.807) is 7.11 Å². The number of carboxylic acid groups (broad SMARTS) is 1. The van der Waals surface area contributed by atoms with Crippen LogP contribution in [0.5, 0.6) is 0 Å². The molecule has 0 rings (SSSR count). The molecular formula is C7H17NO3Si. The summed E-state index contributed by atoms with van der Waals surface area (Å²) in [5.74, 6) is 0. The van der Waals surface area contributed by atoms with Gasteiger partial charge >= 0.3 is 6.09 Å². The van der Waals surface area contributed by atoms with Crippen molar-refractivity contribution in [1.29, 1.82) is 0 Å². The summed E-state index contributed by atoms with van der Waals surface area (Å²) in [5, 5.41) is 10.6. The van der Waals surface area contributed by atoms with Crippen LogP contribution in [0.15, 0.2) is 0 Å². The minimum Gasteiger partial charge on any atom is -0.465 e. The van der Waals surface area contributed by atoms with E-state index in [1.165, 1.54) is 0 Å². The Morgan fingerprint density at radius 3 is 2.58 bits per heavy atom. The van der Waals surface area contributed by atoms with E-state index in [0.717, 1.165) is 12.5 Å². The van der Waals surface area contributed by atoms with Crippen molar-refractivity contribution in [2.75, 3.05) is 13.7 Å². The zero-order chi connectivity index (χ0) is 9.61. The van der Waals surface area contributed by atoms with Gasteiger partial charge in [0.2, 0.25) is 0 Å². The van der Waals surface area contributed by atoms with E-state index in [1.807, 2.05) is 0 Å². The van der Waals surface area contributed by atoms with Crippen LogP contribution in [0, 0.1) is 0 Å². The second kappa shape index (κ2) is 5.16. The summed E-state index contributed by atoms with van der Waals surface area (Å²) in [6.45, 7) is 4.76. The van der Waals surface area contributed by atoms with E-state index in [0.29, 0.717) is 6.54 Å². The van der Waals surface area contributed by atoms with Crippen molar-refractivity contribution in [3.63, 3.8) is 0 Å². The molecule has 0 aromatic heterocycles. The summed E-state index contributed by atoms with van der Waals surface area (Å²) in [6.07, 6.45) is -0.0915. The van der Waals surface area contributed by atoms with Crippen molar-refractivity contribution in [3.8, 4) is 0 Å². The van der Waals surface area contributed by atoms with Gasteiger partial charge in [-0.15, -0.1) is 0 Å². The maximum absolute atomic E-state index is 10.1. The number of amides is 1. The van der Waals surface area contributed by atoms with Crippen LogP contribution in [0.4, 0.5) is 4.79 Å². The molecule has 0 saturated heterocycles. The summed E-state index contributed by atoms with van der Waals surface area (Å²) in [5.41, 5.74) is 0. The number of hydrogen-bond acceptors (Lipinski definition) is 2. The second-order valence-corrected chi connectivity index (χ2v) is 7.73. The van der Waals surface area contributed by atoms with Crippen molar-refractivity contribution < 1.29 is 14.3 Å². The Balaban J connectivity index is 3.37. The van der Waals surface area contributed by atoms with Crippen molar-refractivity contribution >= 4 is 14.4 Å². The van der Waals surface area contributed by atoms with Crippen LogP contribution in [-0.4, -0.2) is 33.2 Å². The van der Waals surface area contributed by atoms with E-state index in [9.17, 15) is 4.79 Å². The van der Waals surface area contributed by atoms with Crippen LogP contribution in [0.25, 0.3) is 0 Å². The number of rotatable bonds is 5. The molecule has 0 aliphatic carbocycles. The minimum absolute atomic E-state index is 0.523. The lowest BCUT2D eigenvalue weighted by Gasteiger charge is -2.19. The Morgan fingerprint density at radius 2 is 2.17 bits per heavy atom. The highest BCUT2D eigenvalue weighted by Crippen LogP contribution is 2.11. The first-order valence-electron chi connectivity index (χ1n) is 4.00. The molecule has 0 aromatic rings. The molecule has 0 bridgehead atoms. The van der Waals surface area contributed by atoms with Gasteiger partial charge < -0.3 is 14.8 Å². The van der Waals surface area contributed by atoms with Crippen molar-refractivity contribution in [2.24, 2.45) is 0 Å². The molecule has 0 unspecified atom stereocenters. The van der Waals surface area contributed by atoms with Crippen LogP contribution < -0.4 is 5.32 Å². The fourth-order valence-electron chi connectivity index (χ4n) is 0.811. The Labute approximate surface area is 74.1 Å². The fourth-order valence-corrected chi connectivity index (χ4v) is 2.04. The predicted molar refractivity (Wildman–Crippen MR) is 49.9 cm³/mol. The van der Waals surface area contributed by atoms with Gasteiger partial charge in [-0.25, -0.2) is 4.79 Å². The lowest BCUT2D eigenvalue weighted by Crippen LogP contribution is -2.30. The number of hydrogen-bond donors (Lipinski definition) is 2. The molecule has 0 heterocycles. The molecule has 0 spiro atoms. The maximum Gasteiger partial charge on any atom is 0.404 e. The van der Waals surface area contributed by atoms with Gasteiger partial charge in [0.25, 0.3) is 0 Å². The molecule has 0 atom stereocenters. The highest BCUT2D eigenvalue weighted by atomic mass is 28.4. The normalized spacial score (nSPS) is 11.2. The number of carbonyl (C=O) groups is 1. The van der Waals surface area contributed by atoms with Crippen LogP contribution in [-0.2, 0) is 4.43 Å². The SMILES string of the molecule is CO[Si](C)(C)CCCNC(=O)O. The molecule has 0 aliphatic rings. The zero-order valence-electron chi connectivity index (χ0n) is 7.89. The van der Waals surface area contributed by atoms with Gasteiger partial charge in [0.15, 0.2) is 8.32 Å². The third-order valence-corrected chi connectivity index (χ3v) is 4.45. The molecule has 0 radical (unpaired) electrons. The summed E-state index contributed by atoms with van der Waals surface area (Å²) in [7, 11) is 0.237. The zero-order valence-corrected chi connectivity index (χ0v) is 8.89. The molecule has 12 heavy (non-hydrogen) atoms. The van der Waals surface area contributed by atoms with Gasteiger partial charge in [-0.3, -0.25) is 0 Å². The van der Waals surface area contributed by atoms with E-state index in [4.69, 9.17) is 9.53 Å². The Hall–Kier alpha value is -0.553. The summed E-state index contributed by atoms with van der Waals surface area (Å²) < 4.78 is 5.31. The van der Waals surface area contributed by atoms with Gasteiger partial charge in [-0.2, -0.15) is 0 Å². The molecule has 0 saturated carbocycles. The molecule has 0 aromatic carbocycles. The van der Waals surface area contributed by atoms with Gasteiger partial charge in [0.05, 0.1) is 0 Å². The molecular weight excluding hydrogens is 174 g/mol. The average Bonchev–Trinajstić information content (AvgIpc) is 1.98. The summed E-state index contributed by atoms with van der Waals surface area (Å²) in [4.78, 5) is 10.1. The molecule has 0 aliphatic heterocycles. The smallest absolute Gasteiger partial charge is 0.404 e. The topological polar surface area (TPSA) is 58.6 Å². The first-order valence-corrected chi connectivity index (χ1v) is 7.11. The van der Waals surface area contributed by atoms with Crippen molar-refractivity contribution in [1.82, 2.24) is 5.32 Å². The first kappa shape index (κ1) is 11.4. The quantitative estimate of drug-likeness (QED) is 0.511. The highest BCUT2D eigenvalue weighted by Gasteiger charge is 2.19. The van der Waals surface area contributed by atoms with Gasteiger partial charge in [0, 0.05) is 13.7 Å². The monoisotopic (exact) mass is 191 g/mol. The summed E-state index contributed by atoms with van der Waals surface area (Å²) in [6, 6.07) is 0.990. The van der Waals surface area contributed by atoms with E-state index >= 15 is 0 Å². The highest BCUT2D eigenvalue weighted by molar-refractivity contribution is 6.71. The van der Waals surface area contributed by atoms with Gasteiger partial charge in [0.1, 0.15) is 0 Å². The molecule has 1 amide bonds. The minimum atomic E-state index is -1.48. The van der Waals surface area contributed by atoms with Gasteiger partial charge in [-0.05, 0) is 25.6 Å². The second-order valence-electron chi connectivity index (χ2n) is 3.30. The Bertz CT molecular complexity index is 150. The van der Waals surface area contributed by atoms with Crippen LogP contribution in [0.1, 0.15) is 6.42 Å². The molecule has 2 N–H and O–H groups in total. The molecule has 72 valence electrons. The number of nitrogens with one attached hydrogen (secondary N) is 1. The fraction of sp³-hybridized carbons (Fsp3) is 0.857. The summed E-state index contributed by atoms with van der Waals surface area (Å²) >= 11 is 0. The van der Waals surface area contributed by atoms with Crippen molar-refractivity contribution in [2.45, 2.75) is 25.6 Å². The van der Waals surface area contributed by atoms with E-state index in [-0.39, 0.29) is 0 Å². The Kier molecular flexibility index (Phi) is 4.92. The first-order chi connectivity index (χ1) is 5.48. The predicted octanol–water partition coefficient (Wildman–Crippen LogP) is 1.50. The largest absolute Gasteiger partial charge is 0.465 e. The molecule has 5 heteroatoms. The average molecular weight is 191 g/mol. The third-order valence-electron chi connectivity index (χ3n) is 1.78. The van der Waals surface area contributed by atoms with Crippen molar-refractivity contribution in [3.05, 3.63) is 0 Å². The Morgan fingerprint density at radius 1 is 1.58 bits per heavy atom. The lowest BCUT2D eigenvalue weighted by atomic mass is 10.5. The molecule has 0 fully saturated rings. The van der Waals surface area contributed by atoms with E-state index in [2.05, 4.69) is 18.4 Å². The van der Waals surface area contributed by atoms with Crippen LogP contribution in [0.2, 0.25) is 19.1 Å². The standard InChI is InChI=1S/C7H17NO3Si/c1-11-12(2,3)6-4-5-8-7(9)10/h8H,4-6H2,1-3H3,(H,9,10). The third kappa shape index (κ3) is 6.18. The van der Waals surface area contributed by atoms with E-state index < -0.39 is 14.4 Å². The van der Waals surface area contributed by atoms with Gasteiger partial charge in [-0.1, -0.05) is 0 Å². The van der Waals surface area contributed by atoms with Crippen LogP contribution >= 0.6 is 0 Å². The maximum atomic E-state index is 10.1. The molecule has 4 nitrogen and oxygen atoms in total. The van der Waals surface area contributed by atoms with Crippen LogP contribution in [0.3, 0.4) is 0 Å².